The van der Waals surface area contributed by atoms with Crippen LogP contribution in [0.4, 0.5) is 0 Å². The highest BCUT2D eigenvalue weighted by Crippen LogP contribution is 2.38. The molecule has 4 aliphatic rings. The van der Waals surface area contributed by atoms with Crippen molar-refractivity contribution < 1.29 is 63.0 Å². The summed E-state index contributed by atoms with van der Waals surface area (Å²) in [5.74, 6) is -7.96. The van der Waals surface area contributed by atoms with Gasteiger partial charge in [-0.25, -0.2) is 4.79 Å². The molecule has 0 spiro atoms. The second-order valence-electron chi connectivity index (χ2n) is 19.6. The molecule has 3 fully saturated rings. The number of esters is 1. The van der Waals surface area contributed by atoms with Gasteiger partial charge in [-0.15, -0.1) is 0 Å². The lowest BCUT2D eigenvalue weighted by Crippen LogP contribution is -2.61. The number of carbonyl (C=O) groups excluding carboxylic acids is 5. The van der Waals surface area contributed by atoms with Crippen LogP contribution >= 0.6 is 0 Å². The Hall–Kier alpha value is -3.37. The number of hydrogen-bond donors (Lipinski definition) is 3. The number of hydrogen-bond acceptors (Lipinski definition) is 13. The van der Waals surface area contributed by atoms with Crippen LogP contribution in [0.3, 0.4) is 0 Å². The molecule has 0 radical (unpaired) electrons. The first-order chi connectivity index (χ1) is 30.7. The van der Waals surface area contributed by atoms with Crippen molar-refractivity contribution in [2.75, 3.05) is 27.9 Å². The fourth-order valence-electron chi connectivity index (χ4n) is 10.1. The summed E-state index contributed by atoms with van der Waals surface area (Å²) in [6.07, 6.45) is 11.2. The molecule has 1 unspecified atom stereocenters. The lowest BCUT2D eigenvalue weighted by Gasteiger charge is -2.42. The standard InChI is InChI=1S/C51H79NO13/c1-30-16-12-11-13-17-31(2)42(61-8)28-38-21-19-36(7)51(60,65-38)48(57)49(58)52-23-15-14-18-39(52)50(59)64-43(33(4)26-37-20-22-40(53)44(27-37)62-9)29-41(54)32(3)25-35(6)46(56)47(63-10)45(55)34(5)24-30/h11-13,16-17,25,30,32-34,36-40,42-44,46-47,53,56,60H,14-15,18-24,26-29H2,1-10H3/b13-11+,16-12-,31-17+,35-25+/t30-,32+,33+,34+,36+,37-,38-,39-,40+,42-,43?,44+,46+,47-,51+/m0/s1. The number of cyclic esters (lactones) is 1. The first kappa shape index (κ1) is 54.2. The van der Waals surface area contributed by atoms with Gasteiger partial charge in [0.25, 0.3) is 11.7 Å². The zero-order chi connectivity index (χ0) is 48.2. The van der Waals surface area contributed by atoms with E-state index >= 15 is 0 Å². The van der Waals surface area contributed by atoms with Crippen LogP contribution in [-0.2, 0) is 47.7 Å². The van der Waals surface area contributed by atoms with Crippen LogP contribution in [0.2, 0.25) is 0 Å². The molecule has 0 aromatic rings. The fraction of sp³-hybridized carbons (Fsp3) is 0.745. The third-order valence-electron chi connectivity index (χ3n) is 14.5. The second-order valence-corrected chi connectivity index (χ2v) is 19.6. The highest BCUT2D eigenvalue weighted by Gasteiger charge is 2.53. The Balaban J connectivity index is 1.70. The average Bonchev–Trinajstić information content (AvgIpc) is 3.28. The summed E-state index contributed by atoms with van der Waals surface area (Å²) >= 11 is 0. The van der Waals surface area contributed by atoms with E-state index in [1.165, 1.54) is 12.0 Å². The first-order valence-corrected chi connectivity index (χ1v) is 23.9. The van der Waals surface area contributed by atoms with Gasteiger partial charge in [-0.3, -0.25) is 19.2 Å². The van der Waals surface area contributed by atoms with Crippen molar-refractivity contribution >= 4 is 29.2 Å². The van der Waals surface area contributed by atoms with Crippen molar-refractivity contribution in [3.8, 4) is 0 Å². The Morgan fingerprint density at radius 1 is 0.846 bits per heavy atom. The molecule has 0 aromatic carbocycles. The van der Waals surface area contributed by atoms with Crippen LogP contribution in [-0.4, -0.2) is 132 Å². The number of ether oxygens (including phenoxy) is 5. The summed E-state index contributed by atoms with van der Waals surface area (Å²) in [7, 11) is 4.52. The van der Waals surface area contributed by atoms with Crippen molar-refractivity contribution in [2.24, 2.45) is 35.5 Å². The lowest BCUT2D eigenvalue weighted by atomic mass is 9.78. The number of Topliss-reactive ketones (excluding diaryl/α,β-unsaturated/α-hetero) is 3. The molecule has 366 valence electrons. The number of rotatable bonds is 6. The molecule has 14 heteroatoms. The average molecular weight is 914 g/mol. The van der Waals surface area contributed by atoms with Gasteiger partial charge in [0.05, 0.1) is 24.4 Å². The number of piperidine rings is 1. The number of ketones is 3. The maximum absolute atomic E-state index is 14.4. The number of nitrogens with zero attached hydrogens (tertiary/aromatic N) is 1. The molecule has 1 aliphatic carbocycles. The molecule has 3 aliphatic heterocycles. The maximum atomic E-state index is 14.4. The summed E-state index contributed by atoms with van der Waals surface area (Å²) in [5, 5.41) is 33.8. The number of methoxy groups -OCH3 is 3. The monoisotopic (exact) mass is 914 g/mol. The van der Waals surface area contributed by atoms with E-state index < -0.39 is 83.9 Å². The van der Waals surface area contributed by atoms with Gasteiger partial charge in [0.2, 0.25) is 5.79 Å². The SMILES string of the molecule is CO[C@H]1C[C@@H]2CC[C@@H](C)[C@@](O)(O2)C(=O)C(=O)N2CCCC[C@H]2C(=O)OC([C@H](C)C[C@@H]2CC[C@@H](O)[C@H](OC)C2)CC(=O)[C@H](C)/C=C(\C)[C@@H](O)[C@@H](OC)C(=O)[C@H](C)C[C@@H](C)\C=C/C=C/C=C/1C. The zero-order valence-corrected chi connectivity index (χ0v) is 40.6. The van der Waals surface area contributed by atoms with Crippen LogP contribution in [0.5, 0.6) is 0 Å². The predicted octanol–water partition coefficient (Wildman–Crippen LogP) is 6.18. The second kappa shape index (κ2) is 25.1. The first-order valence-electron chi connectivity index (χ1n) is 23.9. The van der Waals surface area contributed by atoms with Gasteiger partial charge in [0.15, 0.2) is 5.78 Å². The highest BCUT2D eigenvalue weighted by atomic mass is 16.6. The van der Waals surface area contributed by atoms with E-state index in [9.17, 15) is 39.3 Å². The number of fused-ring (bicyclic) bond motifs is 3. The van der Waals surface area contributed by atoms with E-state index in [4.69, 9.17) is 23.7 Å². The van der Waals surface area contributed by atoms with Crippen LogP contribution in [0.15, 0.2) is 47.6 Å². The van der Waals surface area contributed by atoms with Crippen molar-refractivity contribution in [2.45, 2.75) is 180 Å². The molecule has 14 nitrogen and oxygen atoms in total. The predicted molar refractivity (Wildman–Crippen MR) is 245 cm³/mol. The number of carbonyl (C=O) groups is 5. The summed E-state index contributed by atoms with van der Waals surface area (Å²) < 4.78 is 29.4. The van der Waals surface area contributed by atoms with Crippen LogP contribution in [0.1, 0.15) is 126 Å². The Morgan fingerprint density at radius 2 is 1.57 bits per heavy atom. The van der Waals surface area contributed by atoms with Crippen LogP contribution < -0.4 is 0 Å². The molecule has 2 saturated heterocycles. The van der Waals surface area contributed by atoms with Crippen LogP contribution in [0, 0.1) is 35.5 Å². The molecule has 3 N–H and O–H groups in total. The van der Waals surface area contributed by atoms with E-state index in [0.717, 1.165) is 12.0 Å². The highest BCUT2D eigenvalue weighted by molar-refractivity contribution is 6.39. The Morgan fingerprint density at radius 3 is 2.25 bits per heavy atom. The van der Waals surface area contributed by atoms with Crippen molar-refractivity contribution in [1.29, 1.82) is 0 Å². The molecule has 15 atom stereocenters. The summed E-state index contributed by atoms with van der Waals surface area (Å²) in [5.41, 5.74) is 1.27. The van der Waals surface area contributed by atoms with Gasteiger partial charge in [-0.05, 0) is 107 Å². The minimum Gasteiger partial charge on any atom is -0.460 e. The third kappa shape index (κ3) is 14.3. The lowest BCUT2D eigenvalue weighted by molar-refractivity contribution is -0.265. The summed E-state index contributed by atoms with van der Waals surface area (Å²) in [6, 6.07) is -1.14. The van der Waals surface area contributed by atoms with Gasteiger partial charge in [-0.1, -0.05) is 71.1 Å². The molecule has 0 aromatic heterocycles. The van der Waals surface area contributed by atoms with Gasteiger partial charge in [0.1, 0.15) is 30.1 Å². The smallest absolute Gasteiger partial charge is 0.329 e. The van der Waals surface area contributed by atoms with Crippen molar-refractivity contribution in [1.82, 2.24) is 4.90 Å². The van der Waals surface area contributed by atoms with Gasteiger partial charge in [0, 0.05) is 58.5 Å². The maximum Gasteiger partial charge on any atom is 0.329 e. The molecule has 65 heavy (non-hydrogen) atoms. The quantitative estimate of drug-likeness (QED) is 0.156. The third-order valence-corrected chi connectivity index (χ3v) is 14.5. The molecule has 3 heterocycles. The van der Waals surface area contributed by atoms with Gasteiger partial charge >= 0.3 is 5.97 Å². The zero-order valence-electron chi connectivity index (χ0n) is 40.6. The molecule has 1 amide bonds. The molecule has 2 bridgehead atoms. The Bertz CT molecular complexity index is 1760. The molecular formula is C51H79NO13. The van der Waals surface area contributed by atoms with Gasteiger partial charge < -0.3 is 43.9 Å². The number of allylic oxidation sites excluding steroid dienone is 6. The topological polar surface area (TPSA) is 195 Å². The van der Waals surface area contributed by atoms with E-state index in [2.05, 4.69) is 0 Å². The Labute approximate surface area is 387 Å². The van der Waals surface area contributed by atoms with E-state index in [1.807, 2.05) is 58.1 Å². The minimum atomic E-state index is -2.43. The minimum absolute atomic E-state index is 0.0193. The van der Waals surface area contributed by atoms with Gasteiger partial charge in [-0.2, -0.15) is 0 Å². The number of aliphatic hydroxyl groups is 3. The van der Waals surface area contributed by atoms with Crippen molar-refractivity contribution in [3.05, 3.63) is 47.6 Å². The van der Waals surface area contributed by atoms with Crippen molar-refractivity contribution in [3.63, 3.8) is 0 Å². The number of amides is 1. The summed E-state index contributed by atoms with van der Waals surface area (Å²) in [6.45, 7) is 12.7. The number of aliphatic hydroxyl groups excluding tert-OH is 2. The normalized spacial score (nSPS) is 40.4. The molecule has 4 rings (SSSR count). The van der Waals surface area contributed by atoms with E-state index in [1.54, 1.807) is 41.1 Å². The summed E-state index contributed by atoms with van der Waals surface area (Å²) in [4.78, 5) is 71.8. The van der Waals surface area contributed by atoms with E-state index in [-0.39, 0.29) is 54.8 Å². The Kier molecular flexibility index (Phi) is 21.0. The molecular weight excluding hydrogens is 835 g/mol. The van der Waals surface area contributed by atoms with E-state index in [0.29, 0.717) is 63.4 Å². The van der Waals surface area contributed by atoms with Crippen LogP contribution in [0.25, 0.3) is 0 Å². The largest absolute Gasteiger partial charge is 0.460 e. The molecule has 1 saturated carbocycles. The fourth-order valence-corrected chi connectivity index (χ4v) is 10.1.